The van der Waals surface area contributed by atoms with Gasteiger partial charge in [-0.25, -0.2) is 0 Å². The van der Waals surface area contributed by atoms with Crippen molar-refractivity contribution in [3.8, 4) is 0 Å². The quantitative estimate of drug-likeness (QED) is 0.633. The zero-order chi connectivity index (χ0) is 10.5. The van der Waals surface area contributed by atoms with Crippen LogP contribution in [0.2, 0.25) is 0 Å². The fraction of sp³-hybridized carbons (Fsp3) is 1.00. The maximum atomic E-state index is 2.59. The van der Waals surface area contributed by atoms with Gasteiger partial charge in [0.1, 0.15) is 0 Å². The van der Waals surface area contributed by atoms with Gasteiger partial charge in [-0.15, -0.1) is 0 Å². The van der Waals surface area contributed by atoms with Crippen LogP contribution in [0.15, 0.2) is 0 Å². The van der Waals surface area contributed by atoms with Crippen molar-refractivity contribution in [3.05, 3.63) is 0 Å². The van der Waals surface area contributed by atoms with E-state index in [1.54, 1.807) is 0 Å². The molecule has 1 heteroatoms. The molecule has 0 aromatic carbocycles. The topological polar surface area (TPSA) is 3.24 Å². The zero-order valence-corrected chi connectivity index (χ0v) is 10.4. The first kappa shape index (κ1) is 13.0. The van der Waals surface area contributed by atoms with E-state index in [0.29, 0.717) is 5.54 Å². The van der Waals surface area contributed by atoms with E-state index in [1.165, 1.54) is 25.9 Å². The van der Waals surface area contributed by atoms with Gasteiger partial charge >= 0.3 is 0 Å². The number of nitrogens with zero attached hydrogens (tertiary/aromatic N) is 1. The molecule has 0 N–H and O–H groups in total. The molecule has 0 saturated heterocycles. The summed E-state index contributed by atoms with van der Waals surface area (Å²) >= 11 is 0. The van der Waals surface area contributed by atoms with Crippen LogP contribution in [0.3, 0.4) is 0 Å². The van der Waals surface area contributed by atoms with Crippen LogP contribution in [0.25, 0.3) is 0 Å². The second kappa shape index (κ2) is 5.64. The average molecular weight is 185 g/mol. The highest BCUT2D eigenvalue weighted by atomic mass is 15.2. The van der Waals surface area contributed by atoms with Crippen molar-refractivity contribution in [1.29, 1.82) is 0 Å². The molecule has 0 aliphatic heterocycles. The molecule has 0 spiro atoms. The van der Waals surface area contributed by atoms with Crippen LogP contribution in [0.1, 0.15) is 54.4 Å². The van der Waals surface area contributed by atoms with Crippen LogP contribution in [-0.4, -0.2) is 23.5 Å². The van der Waals surface area contributed by atoms with Gasteiger partial charge in [0.15, 0.2) is 0 Å². The second-order valence-corrected chi connectivity index (χ2v) is 5.34. The number of hydrogen-bond acceptors (Lipinski definition) is 1. The second-order valence-electron chi connectivity index (χ2n) is 5.34. The van der Waals surface area contributed by atoms with Crippen LogP contribution in [0.4, 0.5) is 0 Å². The molecule has 13 heavy (non-hydrogen) atoms. The van der Waals surface area contributed by atoms with Gasteiger partial charge in [0, 0.05) is 5.54 Å². The molecule has 0 saturated carbocycles. The average Bonchev–Trinajstić information content (AvgIpc) is 1.95. The third-order valence-electron chi connectivity index (χ3n) is 2.42. The van der Waals surface area contributed by atoms with Gasteiger partial charge in [0.2, 0.25) is 0 Å². The summed E-state index contributed by atoms with van der Waals surface area (Å²) in [5.74, 6) is 0.821. The van der Waals surface area contributed by atoms with Gasteiger partial charge < -0.3 is 0 Å². The Balaban J connectivity index is 3.95. The minimum atomic E-state index is 0.338. The Morgan fingerprint density at radius 1 is 1.08 bits per heavy atom. The predicted octanol–water partition coefficient (Wildman–Crippen LogP) is 3.54. The molecule has 0 unspecified atom stereocenters. The first-order valence-corrected chi connectivity index (χ1v) is 5.63. The molecule has 0 rings (SSSR count). The van der Waals surface area contributed by atoms with Gasteiger partial charge in [-0.1, -0.05) is 20.8 Å². The molecule has 0 fully saturated rings. The van der Waals surface area contributed by atoms with Crippen molar-refractivity contribution in [2.24, 2.45) is 5.92 Å². The Hall–Kier alpha value is -0.0400. The van der Waals surface area contributed by atoms with E-state index in [0.717, 1.165) is 5.92 Å². The molecule has 0 heterocycles. The summed E-state index contributed by atoms with van der Waals surface area (Å²) in [5, 5.41) is 0. The summed E-state index contributed by atoms with van der Waals surface area (Å²) < 4.78 is 0. The van der Waals surface area contributed by atoms with Crippen molar-refractivity contribution in [3.63, 3.8) is 0 Å². The summed E-state index contributed by atoms with van der Waals surface area (Å²) in [6.45, 7) is 16.3. The van der Waals surface area contributed by atoms with E-state index in [1.807, 2.05) is 0 Å². The van der Waals surface area contributed by atoms with Crippen LogP contribution in [-0.2, 0) is 0 Å². The first-order chi connectivity index (χ1) is 5.88. The van der Waals surface area contributed by atoms with E-state index in [2.05, 4.69) is 46.4 Å². The van der Waals surface area contributed by atoms with Crippen LogP contribution < -0.4 is 0 Å². The molecule has 0 bridgehead atoms. The number of rotatable bonds is 5. The lowest BCUT2D eigenvalue weighted by atomic mass is 10.0. The minimum Gasteiger partial charge on any atom is -0.298 e. The minimum absolute atomic E-state index is 0.338. The first-order valence-electron chi connectivity index (χ1n) is 5.63. The van der Waals surface area contributed by atoms with Crippen molar-refractivity contribution < 1.29 is 0 Å². The lowest BCUT2D eigenvalue weighted by Crippen LogP contribution is -2.42. The highest BCUT2D eigenvalue weighted by molar-refractivity contribution is 4.75. The molecule has 0 aromatic heterocycles. The molecule has 1 nitrogen and oxygen atoms in total. The Morgan fingerprint density at radius 2 is 1.62 bits per heavy atom. The molecule has 0 radical (unpaired) electrons. The van der Waals surface area contributed by atoms with Crippen molar-refractivity contribution in [2.45, 2.75) is 59.9 Å². The maximum Gasteiger partial charge on any atom is 0.0125 e. The summed E-state index contributed by atoms with van der Waals surface area (Å²) in [5.41, 5.74) is 0.338. The Labute approximate surface area is 84.5 Å². The van der Waals surface area contributed by atoms with E-state index in [9.17, 15) is 0 Å². The normalized spacial score (nSPS) is 12.9. The standard InChI is InChI=1S/C12H27N/c1-7-9-13(12(4,5)6)10-8-11(2)3/h11H,7-10H2,1-6H3. The fourth-order valence-electron chi connectivity index (χ4n) is 1.47. The monoisotopic (exact) mass is 185 g/mol. The zero-order valence-electron chi connectivity index (χ0n) is 10.4. The van der Waals surface area contributed by atoms with Gasteiger partial charge in [0.05, 0.1) is 0 Å². The van der Waals surface area contributed by atoms with Crippen molar-refractivity contribution >= 4 is 0 Å². The maximum absolute atomic E-state index is 2.59. The van der Waals surface area contributed by atoms with Crippen molar-refractivity contribution in [2.75, 3.05) is 13.1 Å². The summed E-state index contributed by atoms with van der Waals surface area (Å²) in [7, 11) is 0. The third-order valence-corrected chi connectivity index (χ3v) is 2.42. The Bertz CT molecular complexity index is 122. The molecule has 80 valence electrons. The van der Waals surface area contributed by atoms with E-state index < -0.39 is 0 Å². The van der Waals surface area contributed by atoms with Crippen LogP contribution in [0, 0.1) is 5.92 Å². The smallest absolute Gasteiger partial charge is 0.0125 e. The molecule has 0 aliphatic rings. The van der Waals surface area contributed by atoms with Crippen LogP contribution in [0.5, 0.6) is 0 Å². The highest BCUT2D eigenvalue weighted by Gasteiger charge is 2.19. The molecule has 0 amide bonds. The van der Waals surface area contributed by atoms with Crippen molar-refractivity contribution in [1.82, 2.24) is 4.90 Å². The third kappa shape index (κ3) is 6.09. The lowest BCUT2D eigenvalue weighted by molar-refractivity contribution is 0.129. The fourth-order valence-corrected chi connectivity index (χ4v) is 1.47. The van der Waals surface area contributed by atoms with E-state index in [-0.39, 0.29) is 0 Å². The molecular weight excluding hydrogens is 158 g/mol. The lowest BCUT2D eigenvalue weighted by Gasteiger charge is -2.36. The van der Waals surface area contributed by atoms with Gasteiger partial charge in [-0.05, 0) is 52.6 Å². The van der Waals surface area contributed by atoms with E-state index >= 15 is 0 Å². The predicted molar refractivity (Wildman–Crippen MR) is 61.1 cm³/mol. The number of hydrogen-bond donors (Lipinski definition) is 0. The molecule has 0 atom stereocenters. The van der Waals surface area contributed by atoms with E-state index in [4.69, 9.17) is 0 Å². The molecule has 0 aliphatic carbocycles. The molecule has 0 aromatic rings. The van der Waals surface area contributed by atoms with Gasteiger partial charge in [-0.2, -0.15) is 0 Å². The summed E-state index contributed by atoms with van der Waals surface area (Å²) in [6, 6.07) is 0. The van der Waals surface area contributed by atoms with Crippen LogP contribution >= 0.6 is 0 Å². The van der Waals surface area contributed by atoms with Gasteiger partial charge in [-0.3, -0.25) is 4.90 Å². The summed E-state index contributed by atoms with van der Waals surface area (Å²) in [4.78, 5) is 2.59. The Morgan fingerprint density at radius 3 is 1.92 bits per heavy atom. The largest absolute Gasteiger partial charge is 0.298 e. The SMILES string of the molecule is CCCN(CCC(C)C)C(C)(C)C. The Kier molecular flexibility index (Phi) is 5.62. The summed E-state index contributed by atoms with van der Waals surface area (Å²) in [6.07, 6.45) is 2.58. The van der Waals surface area contributed by atoms with Gasteiger partial charge in [0.25, 0.3) is 0 Å². The highest BCUT2D eigenvalue weighted by Crippen LogP contribution is 2.15. The molecular formula is C12H27N.